The van der Waals surface area contributed by atoms with Crippen molar-refractivity contribution < 1.29 is 17.5 Å². The summed E-state index contributed by atoms with van der Waals surface area (Å²) in [5.41, 5.74) is 0.123. The first-order valence-corrected chi connectivity index (χ1v) is 9.98. The number of benzene rings is 1. The lowest BCUT2D eigenvalue weighted by Crippen LogP contribution is -2.44. The zero-order chi connectivity index (χ0) is 18.4. The summed E-state index contributed by atoms with van der Waals surface area (Å²) in [6.07, 6.45) is 6.92. The Morgan fingerprint density at radius 2 is 2.04 bits per heavy atom. The topological polar surface area (TPSA) is 55.4 Å². The van der Waals surface area contributed by atoms with E-state index in [2.05, 4.69) is 10.2 Å². The van der Waals surface area contributed by atoms with Crippen molar-refractivity contribution in [3.05, 3.63) is 58.5 Å². The molecule has 1 aliphatic carbocycles. The number of hydrogen-bond donors (Lipinski definition) is 1. The SMILES string of the molecule is CC1C=C(S(=O)[O-])C=CC1N1CCC2NC(c3c(F)cccc3F)CC21. The Balaban J connectivity index is 1.53. The summed E-state index contributed by atoms with van der Waals surface area (Å²) in [5.74, 6) is -0.952. The largest absolute Gasteiger partial charge is 0.768 e. The summed E-state index contributed by atoms with van der Waals surface area (Å²) < 4.78 is 50.6. The minimum Gasteiger partial charge on any atom is -0.768 e. The highest BCUT2D eigenvalue weighted by Crippen LogP contribution is 2.39. The van der Waals surface area contributed by atoms with Crippen molar-refractivity contribution in [2.45, 2.75) is 43.9 Å². The summed E-state index contributed by atoms with van der Waals surface area (Å²) in [4.78, 5) is 2.67. The molecule has 1 N–H and O–H groups in total. The molecule has 3 aliphatic rings. The van der Waals surface area contributed by atoms with Crippen LogP contribution in [0.4, 0.5) is 8.78 Å². The number of allylic oxidation sites excluding steroid dienone is 1. The first-order valence-electron chi connectivity index (χ1n) is 8.90. The van der Waals surface area contributed by atoms with Crippen molar-refractivity contribution >= 4 is 11.1 Å². The number of rotatable bonds is 3. The fourth-order valence-electron chi connectivity index (χ4n) is 4.66. The van der Waals surface area contributed by atoms with E-state index in [1.165, 1.54) is 18.2 Å². The molecule has 6 atom stereocenters. The lowest BCUT2D eigenvalue weighted by atomic mass is 9.93. The monoisotopic (exact) mass is 379 g/mol. The normalized spacial score (nSPS) is 35.4. The Hall–Kier alpha value is -1.41. The number of halogens is 2. The van der Waals surface area contributed by atoms with Gasteiger partial charge in [0.05, 0.1) is 0 Å². The van der Waals surface area contributed by atoms with Gasteiger partial charge in [-0.2, -0.15) is 0 Å². The smallest absolute Gasteiger partial charge is 0.130 e. The Morgan fingerprint density at radius 1 is 1.31 bits per heavy atom. The summed E-state index contributed by atoms with van der Waals surface area (Å²) in [6, 6.07) is 4.12. The van der Waals surface area contributed by atoms with Crippen molar-refractivity contribution in [1.29, 1.82) is 0 Å². The van der Waals surface area contributed by atoms with E-state index in [4.69, 9.17) is 0 Å². The summed E-state index contributed by atoms with van der Waals surface area (Å²) in [5, 5.41) is 3.40. The molecule has 4 nitrogen and oxygen atoms in total. The minimum atomic E-state index is -2.22. The molecule has 2 aliphatic heterocycles. The molecule has 0 spiro atoms. The van der Waals surface area contributed by atoms with Gasteiger partial charge in [-0.3, -0.25) is 9.11 Å². The van der Waals surface area contributed by atoms with Crippen molar-refractivity contribution in [2.24, 2.45) is 5.92 Å². The van der Waals surface area contributed by atoms with E-state index < -0.39 is 22.7 Å². The van der Waals surface area contributed by atoms with Crippen molar-refractivity contribution in [1.82, 2.24) is 10.2 Å². The van der Waals surface area contributed by atoms with E-state index in [9.17, 15) is 17.5 Å². The van der Waals surface area contributed by atoms with Gasteiger partial charge < -0.3 is 9.87 Å². The molecule has 140 valence electrons. The van der Waals surface area contributed by atoms with Crippen LogP contribution in [-0.2, 0) is 11.1 Å². The zero-order valence-electron chi connectivity index (χ0n) is 14.4. The second-order valence-corrected chi connectivity index (χ2v) is 8.24. The van der Waals surface area contributed by atoms with Crippen molar-refractivity contribution in [3.8, 4) is 0 Å². The number of nitrogens with zero attached hydrogens (tertiary/aromatic N) is 1. The lowest BCUT2D eigenvalue weighted by Gasteiger charge is -2.35. The van der Waals surface area contributed by atoms with Gasteiger partial charge in [-0.25, -0.2) is 8.78 Å². The average molecular weight is 379 g/mol. The van der Waals surface area contributed by atoms with Gasteiger partial charge in [0.1, 0.15) is 11.6 Å². The van der Waals surface area contributed by atoms with Gasteiger partial charge in [0.15, 0.2) is 0 Å². The van der Waals surface area contributed by atoms with Crippen LogP contribution < -0.4 is 5.32 Å². The molecule has 1 aromatic rings. The maximum atomic E-state index is 14.1. The predicted molar refractivity (Wildman–Crippen MR) is 94.8 cm³/mol. The van der Waals surface area contributed by atoms with Crippen LogP contribution in [0.5, 0.6) is 0 Å². The van der Waals surface area contributed by atoms with E-state index in [-0.39, 0.29) is 35.6 Å². The number of hydrogen-bond acceptors (Lipinski definition) is 4. The van der Waals surface area contributed by atoms with Gasteiger partial charge in [0.25, 0.3) is 0 Å². The highest BCUT2D eigenvalue weighted by atomic mass is 32.2. The van der Waals surface area contributed by atoms with E-state index in [1.54, 1.807) is 12.2 Å². The molecule has 1 aromatic carbocycles. The van der Waals surface area contributed by atoms with Crippen LogP contribution >= 0.6 is 0 Å². The molecule has 0 saturated carbocycles. The minimum absolute atomic E-state index is 0.0656. The number of nitrogens with one attached hydrogen (secondary N) is 1. The van der Waals surface area contributed by atoms with Crippen LogP contribution in [0.2, 0.25) is 0 Å². The molecular weight excluding hydrogens is 358 g/mol. The Bertz CT molecular complexity index is 777. The Labute approximate surface area is 154 Å². The van der Waals surface area contributed by atoms with Gasteiger partial charge in [-0.05, 0) is 48.0 Å². The molecule has 2 fully saturated rings. The summed E-state index contributed by atoms with van der Waals surface area (Å²) in [7, 11) is 0. The number of likely N-dealkylation sites (tertiary alicyclic amines) is 1. The fourth-order valence-corrected chi connectivity index (χ4v) is 5.18. The van der Waals surface area contributed by atoms with Crippen molar-refractivity contribution in [2.75, 3.05) is 6.54 Å². The van der Waals surface area contributed by atoms with Crippen LogP contribution in [0.3, 0.4) is 0 Å². The third kappa shape index (κ3) is 3.07. The zero-order valence-corrected chi connectivity index (χ0v) is 15.2. The van der Waals surface area contributed by atoms with E-state index >= 15 is 0 Å². The highest BCUT2D eigenvalue weighted by Gasteiger charge is 2.46. The fraction of sp³-hybridized carbons (Fsp3) is 0.474. The highest BCUT2D eigenvalue weighted by molar-refractivity contribution is 7.83. The first-order chi connectivity index (χ1) is 12.5. The summed E-state index contributed by atoms with van der Waals surface area (Å²) in [6.45, 7) is 2.89. The van der Waals surface area contributed by atoms with E-state index in [0.717, 1.165) is 13.0 Å². The molecule has 0 radical (unpaired) electrons. The molecule has 0 aromatic heterocycles. The molecule has 26 heavy (non-hydrogen) atoms. The van der Waals surface area contributed by atoms with E-state index in [1.807, 2.05) is 13.0 Å². The maximum Gasteiger partial charge on any atom is 0.130 e. The Morgan fingerprint density at radius 3 is 2.69 bits per heavy atom. The molecule has 4 rings (SSSR count). The van der Waals surface area contributed by atoms with Gasteiger partial charge in [-0.1, -0.05) is 25.1 Å². The second-order valence-electron chi connectivity index (χ2n) is 7.30. The van der Waals surface area contributed by atoms with Crippen LogP contribution in [0.25, 0.3) is 0 Å². The molecule has 2 heterocycles. The van der Waals surface area contributed by atoms with Gasteiger partial charge in [0, 0.05) is 41.2 Å². The van der Waals surface area contributed by atoms with Gasteiger partial charge in [0.2, 0.25) is 0 Å². The third-order valence-corrected chi connectivity index (χ3v) is 6.49. The molecule has 2 saturated heterocycles. The molecular formula is C19H21F2N2O2S-. The lowest BCUT2D eigenvalue weighted by molar-refractivity contribution is 0.179. The average Bonchev–Trinajstić information content (AvgIpc) is 3.15. The molecule has 7 heteroatoms. The van der Waals surface area contributed by atoms with Crippen molar-refractivity contribution in [3.63, 3.8) is 0 Å². The second kappa shape index (κ2) is 6.96. The van der Waals surface area contributed by atoms with Crippen LogP contribution in [-0.4, -0.2) is 38.3 Å². The van der Waals surface area contributed by atoms with Crippen LogP contribution in [0.1, 0.15) is 31.4 Å². The first kappa shape index (κ1) is 18.0. The molecule has 0 amide bonds. The quantitative estimate of drug-likeness (QED) is 0.821. The van der Waals surface area contributed by atoms with Crippen LogP contribution in [0, 0.1) is 17.6 Å². The van der Waals surface area contributed by atoms with Crippen LogP contribution in [0.15, 0.2) is 41.3 Å². The summed E-state index contributed by atoms with van der Waals surface area (Å²) >= 11 is -2.22. The molecule has 6 unspecified atom stereocenters. The number of fused-ring (bicyclic) bond motifs is 1. The van der Waals surface area contributed by atoms with E-state index in [0.29, 0.717) is 11.3 Å². The Kier molecular flexibility index (Phi) is 4.81. The third-order valence-electron chi connectivity index (χ3n) is 5.83. The molecule has 0 bridgehead atoms. The van der Waals surface area contributed by atoms with Gasteiger partial charge >= 0.3 is 0 Å². The predicted octanol–water partition coefficient (Wildman–Crippen LogP) is 2.78. The maximum absolute atomic E-state index is 14.1. The van der Waals surface area contributed by atoms with Gasteiger partial charge in [-0.15, -0.1) is 0 Å². The standard InChI is InChI=1S/C19H22F2N2O2S/c1-11-9-12(26(24)25)5-6-17(11)23-8-7-15-18(23)10-16(22-15)19-13(20)3-2-4-14(19)21/h2-6,9,11,15-18,22H,7-8,10H2,1H3,(H,24,25)/p-1.